The number of aromatic nitrogens is 5. The van der Waals surface area contributed by atoms with Crippen LogP contribution in [0.5, 0.6) is 0 Å². The van der Waals surface area contributed by atoms with Crippen LogP contribution in [0.2, 0.25) is 0 Å². The minimum atomic E-state index is -1.01. The Balaban J connectivity index is 1.59. The number of amides is 1. The second kappa shape index (κ2) is 6.16. The first kappa shape index (κ1) is 16.3. The lowest BCUT2D eigenvalue weighted by atomic mass is 10.0. The van der Waals surface area contributed by atoms with Crippen LogP contribution in [0, 0.1) is 0 Å². The summed E-state index contributed by atoms with van der Waals surface area (Å²) in [6, 6.07) is 1.75. The number of hydrogen-bond donors (Lipinski definition) is 2. The Kier molecular flexibility index (Phi) is 4.18. The van der Waals surface area contributed by atoms with E-state index in [1.54, 1.807) is 32.3 Å². The molecule has 3 heterocycles. The highest BCUT2D eigenvalue weighted by molar-refractivity contribution is 5.83. The quantitative estimate of drug-likeness (QED) is 0.764. The number of hydrogen-bond acceptors (Lipinski definition) is 7. The van der Waals surface area contributed by atoms with Gasteiger partial charge in [-0.25, -0.2) is 19.6 Å². The molecule has 24 heavy (non-hydrogen) atoms. The SMILES string of the molecule is CC(C)(C(=O)NC[C@]1(O)CCN(c2ncccn2)C1)n1cncn1. The summed E-state index contributed by atoms with van der Waals surface area (Å²) in [6.45, 7) is 4.68. The van der Waals surface area contributed by atoms with Crippen LogP contribution in [0.1, 0.15) is 20.3 Å². The largest absolute Gasteiger partial charge is 0.386 e. The Morgan fingerprint density at radius 1 is 1.42 bits per heavy atom. The van der Waals surface area contributed by atoms with Crippen molar-refractivity contribution in [3.8, 4) is 0 Å². The Morgan fingerprint density at radius 2 is 2.17 bits per heavy atom. The van der Waals surface area contributed by atoms with Crippen LogP contribution in [-0.4, -0.2) is 61.0 Å². The molecule has 2 aromatic heterocycles. The minimum Gasteiger partial charge on any atom is -0.386 e. The van der Waals surface area contributed by atoms with Crippen LogP contribution >= 0.6 is 0 Å². The number of aliphatic hydroxyl groups is 1. The zero-order valence-corrected chi connectivity index (χ0v) is 13.8. The molecule has 128 valence electrons. The van der Waals surface area contributed by atoms with E-state index in [-0.39, 0.29) is 12.5 Å². The van der Waals surface area contributed by atoms with E-state index in [0.29, 0.717) is 25.5 Å². The maximum Gasteiger partial charge on any atom is 0.247 e. The molecule has 0 radical (unpaired) electrons. The second-order valence-corrected chi connectivity index (χ2v) is 6.53. The van der Waals surface area contributed by atoms with Crippen molar-refractivity contribution in [2.45, 2.75) is 31.4 Å². The second-order valence-electron chi connectivity index (χ2n) is 6.53. The molecule has 1 aliphatic rings. The lowest BCUT2D eigenvalue weighted by Gasteiger charge is -2.28. The molecule has 1 saturated heterocycles. The molecule has 0 bridgehead atoms. The van der Waals surface area contributed by atoms with Gasteiger partial charge in [0.05, 0.1) is 6.54 Å². The fraction of sp³-hybridized carbons (Fsp3) is 0.533. The summed E-state index contributed by atoms with van der Waals surface area (Å²) < 4.78 is 1.49. The maximum absolute atomic E-state index is 12.5. The van der Waals surface area contributed by atoms with E-state index in [0.717, 1.165) is 0 Å². The van der Waals surface area contributed by atoms with Gasteiger partial charge in [-0.05, 0) is 26.3 Å². The Bertz CT molecular complexity index is 689. The topological polar surface area (TPSA) is 109 Å². The van der Waals surface area contributed by atoms with Crippen LogP contribution in [-0.2, 0) is 10.3 Å². The summed E-state index contributed by atoms with van der Waals surface area (Å²) in [5, 5.41) is 17.6. The molecule has 1 atom stereocenters. The third kappa shape index (κ3) is 3.21. The standard InChI is InChI=1S/C15H21N7O2/c1-14(2,22-11-16-10-20-22)12(23)19-8-15(24)4-7-21(9-15)13-17-5-3-6-18-13/h3,5-6,10-11,24H,4,7-9H2,1-2H3,(H,19,23)/t15-/m1/s1. The van der Waals surface area contributed by atoms with Crippen LogP contribution in [0.15, 0.2) is 31.1 Å². The maximum atomic E-state index is 12.5. The number of carbonyl (C=O) groups is 1. The van der Waals surface area contributed by atoms with Crippen LogP contribution in [0.4, 0.5) is 5.95 Å². The van der Waals surface area contributed by atoms with Gasteiger partial charge in [0.1, 0.15) is 23.8 Å². The van der Waals surface area contributed by atoms with Gasteiger partial charge in [0.2, 0.25) is 11.9 Å². The predicted molar refractivity (Wildman–Crippen MR) is 86.2 cm³/mol. The van der Waals surface area contributed by atoms with E-state index in [1.165, 1.54) is 17.3 Å². The third-order valence-corrected chi connectivity index (χ3v) is 4.29. The Labute approximate surface area is 139 Å². The van der Waals surface area contributed by atoms with Crippen LogP contribution < -0.4 is 10.2 Å². The lowest BCUT2D eigenvalue weighted by molar-refractivity contribution is -0.130. The fourth-order valence-corrected chi connectivity index (χ4v) is 2.69. The van der Waals surface area contributed by atoms with E-state index >= 15 is 0 Å². The first-order chi connectivity index (χ1) is 11.4. The Morgan fingerprint density at radius 3 is 2.83 bits per heavy atom. The molecule has 0 spiro atoms. The van der Waals surface area contributed by atoms with E-state index in [1.807, 2.05) is 4.90 Å². The molecule has 9 nitrogen and oxygen atoms in total. The fourth-order valence-electron chi connectivity index (χ4n) is 2.69. The first-order valence-electron chi connectivity index (χ1n) is 7.78. The van der Waals surface area contributed by atoms with Crippen LogP contribution in [0.3, 0.4) is 0 Å². The molecular formula is C15H21N7O2. The van der Waals surface area contributed by atoms with Crippen LogP contribution in [0.25, 0.3) is 0 Å². The van der Waals surface area contributed by atoms with Crippen molar-refractivity contribution >= 4 is 11.9 Å². The zero-order chi connectivity index (χ0) is 17.2. The van der Waals surface area contributed by atoms with Crippen molar-refractivity contribution in [3.05, 3.63) is 31.1 Å². The number of carbonyl (C=O) groups excluding carboxylic acids is 1. The van der Waals surface area contributed by atoms with Gasteiger partial charge in [0.15, 0.2) is 0 Å². The van der Waals surface area contributed by atoms with Gasteiger partial charge >= 0.3 is 0 Å². The van der Waals surface area contributed by atoms with Gasteiger partial charge in [-0.2, -0.15) is 5.10 Å². The predicted octanol–water partition coefficient (Wildman–Crippen LogP) is -0.439. The molecule has 0 aromatic carbocycles. The smallest absolute Gasteiger partial charge is 0.247 e. The van der Waals surface area contributed by atoms with E-state index < -0.39 is 11.1 Å². The number of anilines is 1. The van der Waals surface area contributed by atoms with Crippen molar-refractivity contribution in [3.63, 3.8) is 0 Å². The number of β-amino-alcohol motifs (C(OH)–C–C–N with tert-alkyl or cyclic N) is 1. The molecule has 1 fully saturated rings. The molecule has 2 N–H and O–H groups in total. The average molecular weight is 331 g/mol. The van der Waals surface area contributed by atoms with Gasteiger partial charge < -0.3 is 15.3 Å². The van der Waals surface area contributed by atoms with E-state index in [2.05, 4.69) is 25.4 Å². The van der Waals surface area contributed by atoms with E-state index in [4.69, 9.17) is 0 Å². The number of rotatable bonds is 5. The normalized spacial score (nSPS) is 21.0. The lowest BCUT2D eigenvalue weighted by Crippen LogP contribution is -2.51. The van der Waals surface area contributed by atoms with Crippen molar-refractivity contribution in [1.29, 1.82) is 0 Å². The number of nitrogens with zero attached hydrogens (tertiary/aromatic N) is 6. The number of nitrogens with one attached hydrogen (secondary N) is 1. The highest BCUT2D eigenvalue weighted by atomic mass is 16.3. The van der Waals surface area contributed by atoms with Gasteiger partial charge in [-0.3, -0.25) is 4.79 Å². The summed E-state index contributed by atoms with van der Waals surface area (Å²) in [4.78, 5) is 26.6. The van der Waals surface area contributed by atoms with Crippen molar-refractivity contribution in [2.24, 2.45) is 0 Å². The molecule has 0 saturated carbocycles. The summed E-state index contributed by atoms with van der Waals surface area (Å²) in [7, 11) is 0. The molecular weight excluding hydrogens is 310 g/mol. The van der Waals surface area contributed by atoms with Crippen molar-refractivity contribution in [1.82, 2.24) is 30.0 Å². The summed E-state index contributed by atoms with van der Waals surface area (Å²) >= 11 is 0. The Hall–Kier alpha value is -2.55. The minimum absolute atomic E-state index is 0.160. The first-order valence-corrected chi connectivity index (χ1v) is 7.78. The molecule has 0 unspecified atom stereocenters. The van der Waals surface area contributed by atoms with Gasteiger partial charge in [-0.15, -0.1) is 0 Å². The van der Waals surface area contributed by atoms with Gasteiger partial charge in [-0.1, -0.05) is 0 Å². The molecule has 1 amide bonds. The summed E-state index contributed by atoms with van der Waals surface area (Å²) in [5.41, 5.74) is -1.89. The molecule has 2 aromatic rings. The van der Waals surface area contributed by atoms with Crippen molar-refractivity contribution < 1.29 is 9.90 Å². The third-order valence-electron chi connectivity index (χ3n) is 4.29. The molecule has 3 rings (SSSR count). The van der Waals surface area contributed by atoms with Gasteiger partial charge in [0.25, 0.3) is 0 Å². The summed E-state index contributed by atoms with van der Waals surface area (Å²) in [6.07, 6.45) is 6.76. The monoisotopic (exact) mass is 331 g/mol. The van der Waals surface area contributed by atoms with Crippen molar-refractivity contribution in [2.75, 3.05) is 24.5 Å². The van der Waals surface area contributed by atoms with E-state index in [9.17, 15) is 9.90 Å². The summed E-state index contributed by atoms with van der Waals surface area (Å²) in [5.74, 6) is 0.360. The average Bonchev–Trinajstić information content (AvgIpc) is 3.24. The zero-order valence-electron chi connectivity index (χ0n) is 13.8. The molecule has 1 aliphatic heterocycles. The molecule has 0 aliphatic carbocycles. The highest BCUT2D eigenvalue weighted by Crippen LogP contribution is 2.24. The highest BCUT2D eigenvalue weighted by Gasteiger charge is 2.39. The molecule has 9 heteroatoms. The van der Waals surface area contributed by atoms with Gasteiger partial charge in [0, 0.05) is 25.5 Å².